The Hall–Kier alpha value is -2.94. The first-order chi connectivity index (χ1) is 14.2. The van der Waals surface area contributed by atoms with Gasteiger partial charge in [-0.15, -0.1) is 21.5 Å². The van der Waals surface area contributed by atoms with E-state index in [4.69, 9.17) is 9.47 Å². The van der Waals surface area contributed by atoms with Gasteiger partial charge in [0.2, 0.25) is 5.82 Å². The summed E-state index contributed by atoms with van der Waals surface area (Å²) in [4.78, 5) is 17.1. The molecule has 3 aromatic rings. The first-order valence-corrected chi connectivity index (χ1v) is 10.5. The molecule has 0 aliphatic carbocycles. The molecule has 0 unspecified atom stereocenters. The van der Waals surface area contributed by atoms with E-state index < -0.39 is 0 Å². The third kappa shape index (κ3) is 4.92. The Kier molecular flexibility index (Phi) is 6.04. The maximum Gasteiger partial charge on any atom is 0.260 e. The van der Waals surface area contributed by atoms with Crippen LogP contribution in [0.5, 0.6) is 11.5 Å². The van der Waals surface area contributed by atoms with Crippen molar-refractivity contribution >= 4 is 17.2 Å². The van der Waals surface area contributed by atoms with Gasteiger partial charge in [0.25, 0.3) is 5.91 Å². The molecule has 152 valence electrons. The molecule has 2 aromatic heterocycles. The van der Waals surface area contributed by atoms with E-state index in [1.807, 2.05) is 34.5 Å². The number of tetrazole rings is 1. The van der Waals surface area contributed by atoms with Crippen LogP contribution in [-0.4, -0.2) is 57.8 Å². The van der Waals surface area contributed by atoms with Crippen molar-refractivity contribution in [2.24, 2.45) is 5.92 Å². The zero-order valence-electron chi connectivity index (χ0n) is 16.2. The van der Waals surface area contributed by atoms with Crippen molar-refractivity contribution in [2.75, 3.05) is 26.8 Å². The van der Waals surface area contributed by atoms with Crippen LogP contribution in [0.15, 0.2) is 41.8 Å². The van der Waals surface area contributed by atoms with Gasteiger partial charge < -0.3 is 14.4 Å². The SMILES string of the molecule is COc1ccc(OCC(=O)N2CCC[C@@H](Cn3nnc(-c4cccs4)n3)C2)cc1. The topological polar surface area (TPSA) is 82.4 Å². The molecule has 1 aliphatic rings. The number of amides is 1. The van der Waals surface area contributed by atoms with Crippen molar-refractivity contribution in [3.8, 4) is 22.2 Å². The summed E-state index contributed by atoms with van der Waals surface area (Å²) in [5.74, 6) is 2.36. The molecule has 1 atom stereocenters. The second-order valence-electron chi connectivity index (χ2n) is 6.96. The number of ether oxygens (including phenoxy) is 2. The lowest BCUT2D eigenvalue weighted by Gasteiger charge is -2.32. The molecular weight excluding hydrogens is 390 g/mol. The Balaban J connectivity index is 1.29. The molecule has 0 N–H and O–H groups in total. The van der Waals surface area contributed by atoms with Crippen LogP contribution < -0.4 is 9.47 Å². The standard InChI is InChI=1S/C20H23N5O3S/c1-27-16-6-8-17(9-7-16)28-14-19(26)24-10-2-4-15(12-24)13-25-22-20(21-23-25)18-5-3-11-29-18/h3,5-9,11,15H,2,4,10,12-14H2,1H3/t15-/m1/s1. The van der Waals surface area contributed by atoms with Crippen LogP contribution in [0, 0.1) is 5.92 Å². The second kappa shape index (κ2) is 9.04. The minimum absolute atomic E-state index is 0.00339. The maximum atomic E-state index is 12.6. The lowest BCUT2D eigenvalue weighted by Crippen LogP contribution is -2.43. The van der Waals surface area contributed by atoms with E-state index in [1.54, 1.807) is 35.4 Å². The Morgan fingerprint density at radius 1 is 1.24 bits per heavy atom. The molecule has 1 amide bonds. The summed E-state index contributed by atoms with van der Waals surface area (Å²) in [6, 6.07) is 11.2. The third-order valence-electron chi connectivity index (χ3n) is 4.91. The van der Waals surface area contributed by atoms with Crippen LogP contribution in [0.25, 0.3) is 10.7 Å². The van der Waals surface area contributed by atoms with Crippen molar-refractivity contribution in [2.45, 2.75) is 19.4 Å². The Morgan fingerprint density at radius 3 is 2.83 bits per heavy atom. The normalized spacial score (nSPS) is 16.6. The summed E-state index contributed by atoms with van der Waals surface area (Å²) in [6.45, 7) is 2.12. The van der Waals surface area contributed by atoms with E-state index in [9.17, 15) is 4.79 Å². The highest BCUT2D eigenvalue weighted by Gasteiger charge is 2.25. The van der Waals surface area contributed by atoms with E-state index in [2.05, 4.69) is 15.4 Å². The number of rotatable bonds is 7. The number of piperidine rings is 1. The molecule has 0 spiro atoms. The number of nitrogens with zero attached hydrogens (tertiary/aromatic N) is 5. The van der Waals surface area contributed by atoms with Gasteiger partial charge in [0.15, 0.2) is 6.61 Å². The van der Waals surface area contributed by atoms with E-state index in [0.717, 1.165) is 30.0 Å². The zero-order chi connectivity index (χ0) is 20.1. The predicted molar refractivity (Wildman–Crippen MR) is 109 cm³/mol. The van der Waals surface area contributed by atoms with Crippen molar-refractivity contribution in [1.29, 1.82) is 0 Å². The number of aromatic nitrogens is 4. The van der Waals surface area contributed by atoms with Crippen LogP contribution in [0.2, 0.25) is 0 Å². The molecule has 4 rings (SSSR count). The fourth-order valence-electron chi connectivity index (χ4n) is 3.40. The largest absolute Gasteiger partial charge is 0.497 e. The van der Waals surface area contributed by atoms with Gasteiger partial charge in [-0.1, -0.05) is 6.07 Å². The molecule has 1 fully saturated rings. The van der Waals surface area contributed by atoms with E-state index in [1.165, 1.54) is 0 Å². The van der Waals surface area contributed by atoms with Crippen LogP contribution >= 0.6 is 11.3 Å². The van der Waals surface area contributed by atoms with Gasteiger partial charge in [-0.25, -0.2) is 0 Å². The number of carbonyl (C=O) groups excluding carboxylic acids is 1. The van der Waals surface area contributed by atoms with Crippen molar-refractivity contribution in [1.82, 2.24) is 25.1 Å². The van der Waals surface area contributed by atoms with Crippen molar-refractivity contribution in [3.05, 3.63) is 41.8 Å². The molecule has 1 aromatic carbocycles. The van der Waals surface area contributed by atoms with Crippen molar-refractivity contribution in [3.63, 3.8) is 0 Å². The van der Waals surface area contributed by atoms with Gasteiger partial charge in [-0.05, 0) is 59.7 Å². The van der Waals surface area contributed by atoms with Crippen molar-refractivity contribution < 1.29 is 14.3 Å². The van der Waals surface area contributed by atoms with Gasteiger partial charge in [-0.3, -0.25) is 4.79 Å². The molecule has 29 heavy (non-hydrogen) atoms. The average molecular weight is 414 g/mol. The quantitative estimate of drug-likeness (QED) is 0.592. The van der Waals surface area contributed by atoms with Crippen LogP contribution in [-0.2, 0) is 11.3 Å². The minimum Gasteiger partial charge on any atom is -0.497 e. The Labute approximate surface area is 173 Å². The first-order valence-electron chi connectivity index (χ1n) is 9.57. The summed E-state index contributed by atoms with van der Waals surface area (Å²) in [7, 11) is 1.62. The number of benzene rings is 1. The van der Waals surface area contributed by atoms with Gasteiger partial charge >= 0.3 is 0 Å². The van der Waals surface area contributed by atoms with E-state index in [-0.39, 0.29) is 12.5 Å². The number of hydrogen-bond donors (Lipinski definition) is 0. The smallest absolute Gasteiger partial charge is 0.260 e. The lowest BCUT2D eigenvalue weighted by atomic mass is 9.98. The number of hydrogen-bond acceptors (Lipinski definition) is 7. The van der Waals surface area contributed by atoms with Gasteiger partial charge in [0.05, 0.1) is 18.5 Å². The van der Waals surface area contributed by atoms with Gasteiger partial charge in [-0.2, -0.15) is 4.80 Å². The fourth-order valence-corrected chi connectivity index (χ4v) is 4.05. The molecule has 8 nitrogen and oxygen atoms in total. The Bertz CT molecular complexity index is 926. The maximum absolute atomic E-state index is 12.6. The molecule has 0 radical (unpaired) electrons. The van der Waals surface area contributed by atoms with Crippen LogP contribution in [0.3, 0.4) is 0 Å². The van der Waals surface area contributed by atoms with Crippen LogP contribution in [0.4, 0.5) is 0 Å². The summed E-state index contributed by atoms with van der Waals surface area (Å²) in [6.07, 6.45) is 2.00. The summed E-state index contributed by atoms with van der Waals surface area (Å²) < 4.78 is 10.8. The van der Waals surface area contributed by atoms with Crippen LogP contribution in [0.1, 0.15) is 12.8 Å². The number of thiophene rings is 1. The van der Waals surface area contributed by atoms with Gasteiger partial charge in [0, 0.05) is 13.1 Å². The molecule has 1 aliphatic heterocycles. The molecule has 9 heteroatoms. The van der Waals surface area contributed by atoms with Gasteiger partial charge in [0.1, 0.15) is 11.5 Å². The molecule has 1 saturated heterocycles. The number of likely N-dealkylation sites (tertiary alicyclic amines) is 1. The highest BCUT2D eigenvalue weighted by molar-refractivity contribution is 7.13. The summed E-state index contributed by atoms with van der Waals surface area (Å²) >= 11 is 1.59. The molecule has 0 bridgehead atoms. The second-order valence-corrected chi connectivity index (χ2v) is 7.91. The van der Waals surface area contributed by atoms with E-state index >= 15 is 0 Å². The molecule has 3 heterocycles. The third-order valence-corrected chi connectivity index (χ3v) is 5.78. The fraction of sp³-hybridized carbons (Fsp3) is 0.400. The zero-order valence-corrected chi connectivity index (χ0v) is 17.0. The highest BCUT2D eigenvalue weighted by atomic mass is 32.1. The number of carbonyl (C=O) groups is 1. The highest BCUT2D eigenvalue weighted by Crippen LogP contribution is 2.22. The predicted octanol–water partition coefficient (Wildman–Crippen LogP) is 2.73. The summed E-state index contributed by atoms with van der Waals surface area (Å²) in [5.41, 5.74) is 0. The first kappa shape index (κ1) is 19.4. The lowest BCUT2D eigenvalue weighted by molar-refractivity contribution is -0.135. The Morgan fingerprint density at radius 2 is 2.07 bits per heavy atom. The molecule has 0 saturated carbocycles. The molecular formula is C20H23N5O3S. The summed E-state index contributed by atoms with van der Waals surface area (Å²) in [5, 5.41) is 14.8. The van der Waals surface area contributed by atoms with E-state index in [0.29, 0.717) is 30.6 Å². The average Bonchev–Trinajstić information content (AvgIpc) is 3.44. The minimum atomic E-state index is -0.00339. The monoisotopic (exact) mass is 413 g/mol. The number of methoxy groups -OCH3 is 1.